The Morgan fingerprint density at radius 2 is 2.11 bits per heavy atom. The van der Waals surface area contributed by atoms with Crippen LogP contribution < -0.4 is 0 Å². The van der Waals surface area contributed by atoms with Gasteiger partial charge in [0.25, 0.3) is 0 Å². The van der Waals surface area contributed by atoms with Gasteiger partial charge < -0.3 is 20.3 Å². The molecule has 2 atom stereocenters. The van der Waals surface area contributed by atoms with Crippen molar-refractivity contribution < 1.29 is 24.9 Å². The van der Waals surface area contributed by atoms with Gasteiger partial charge in [-0.15, -0.1) is 0 Å². The molecule has 4 N–H and O–H groups in total. The van der Waals surface area contributed by atoms with E-state index in [4.69, 9.17) is 15.3 Å². The van der Waals surface area contributed by atoms with Gasteiger partial charge >= 0.3 is 11.9 Å². The summed E-state index contributed by atoms with van der Waals surface area (Å²) in [7, 11) is 0. The number of aromatic nitrogens is 2. The summed E-state index contributed by atoms with van der Waals surface area (Å²) < 4.78 is -0.550. The maximum atomic E-state index is 10.7. The van der Waals surface area contributed by atoms with E-state index in [-0.39, 0.29) is 5.75 Å². The molecule has 1 aromatic heterocycles. The summed E-state index contributed by atoms with van der Waals surface area (Å²) >= 11 is 2.88. The van der Waals surface area contributed by atoms with Gasteiger partial charge in [-0.3, -0.25) is 4.79 Å². The Bertz CT molecular complexity index is 438. The van der Waals surface area contributed by atoms with E-state index in [9.17, 15) is 9.59 Å². The zero-order valence-electron chi connectivity index (χ0n) is 9.04. The second-order valence-electron chi connectivity index (χ2n) is 3.39. The van der Waals surface area contributed by atoms with Crippen LogP contribution in [0.1, 0.15) is 5.69 Å². The summed E-state index contributed by atoms with van der Waals surface area (Å²) in [5.41, 5.74) is 0.657. The Morgan fingerprint density at radius 3 is 2.67 bits per heavy atom. The van der Waals surface area contributed by atoms with Gasteiger partial charge in [0, 0.05) is 24.1 Å². The van der Waals surface area contributed by atoms with Gasteiger partial charge in [-0.1, -0.05) is 34.4 Å². The van der Waals surface area contributed by atoms with E-state index in [1.807, 2.05) is 22.6 Å². The van der Waals surface area contributed by atoms with Crippen molar-refractivity contribution in [2.45, 2.75) is 21.6 Å². The summed E-state index contributed by atoms with van der Waals surface area (Å²) in [5.74, 6) is -2.21. The second-order valence-corrected chi connectivity index (χ2v) is 5.90. The van der Waals surface area contributed by atoms with Gasteiger partial charge in [-0.25, -0.2) is 9.78 Å². The van der Waals surface area contributed by atoms with Crippen LogP contribution in [0.2, 0.25) is 0 Å². The van der Waals surface area contributed by atoms with E-state index >= 15 is 0 Å². The van der Waals surface area contributed by atoms with Crippen LogP contribution in [0.4, 0.5) is 0 Å². The van der Waals surface area contributed by atoms with Gasteiger partial charge in [0.1, 0.15) is 3.92 Å². The van der Waals surface area contributed by atoms with Crippen LogP contribution >= 0.6 is 34.4 Å². The molecule has 0 radical (unpaired) electrons. The number of aliphatic carboxylic acids is 2. The number of imidazole rings is 1. The molecule has 0 aromatic carbocycles. The molecule has 0 aliphatic rings. The lowest BCUT2D eigenvalue weighted by atomic mass is 10.2. The highest BCUT2D eigenvalue weighted by Crippen LogP contribution is 2.17. The normalized spacial score (nSPS) is 14.1. The van der Waals surface area contributed by atoms with Gasteiger partial charge in [0.15, 0.2) is 11.3 Å². The van der Waals surface area contributed by atoms with Gasteiger partial charge in [0.2, 0.25) is 0 Å². The van der Waals surface area contributed by atoms with E-state index in [1.54, 1.807) is 0 Å². The minimum atomic E-state index is -1.44. The topological polar surface area (TPSA) is 124 Å². The number of halogens is 1. The third-order valence-electron chi connectivity index (χ3n) is 1.94. The summed E-state index contributed by atoms with van der Waals surface area (Å²) in [6.45, 7) is 0. The molecule has 1 heterocycles. The quantitative estimate of drug-likeness (QED) is 0.303. The van der Waals surface area contributed by atoms with Crippen LogP contribution in [0.25, 0.3) is 0 Å². The Kier molecular flexibility index (Phi) is 5.88. The maximum Gasteiger partial charge on any atom is 0.333 e. The van der Waals surface area contributed by atoms with Gasteiger partial charge in [0.05, 0.1) is 0 Å². The Balaban J connectivity index is 2.48. The molecular weight excluding hydrogens is 375 g/mol. The number of aromatic amines is 1. The molecule has 0 aliphatic heterocycles. The standard InChI is InChI=1S/C9H11IN2O5S/c10-5(7(14)15)1-4-2-11-9(12-4)18-3-6(13)8(16)17/h2,5-6,13H,1,3H2,(H,11,12)(H,14,15)(H,16,17)/t5-,6?/m0/s1. The SMILES string of the molecule is O=C(O)C(O)CSc1ncc(C[C@H](I)C(=O)O)[nH]1. The molecule has 0 amide bonds. The molecule has 0 spiro atoms. The highest BCUT2D eigenvalue weighted by molar-refractivity contribution is 14.1. The third kappa shape index (κ3) is 4.82. The number of hydrogen-bond donors (Lipinski definition) is 4. The average molecular weight is 386 g/mol. The molecule has 18 heavy (non-hydrogen) atoms. The minimum absolute atomic E-state index is 0.0190. The van der Waals surface area contributed by atoms with Gasteiger partial charge in [-0.05, 0) is 0 Å². The predicted octanol–water partition coefficient (Wildman–Crippen LogP) is 0.378. The fraction of sp³-hybridized carbons (Fsp3) is 0.444. The van der Waals surface area contributed by atoms with Crippen molar-refractivity contribution in [3.05, 3.63) is 11.9 Å². The molecule has 0 fully saturated rings. The Labute approximate surface area is 120 Å². The predicted molar refractivity (Wildman–Crippen MR) is 72.1 cm³/mol. The van der Waals surface area contributed by atoms with Crippen LogP contribution in [-0.2, 0) is 16.0 Å². The van der Waals surface area contributed by atoms with Crippen molar-refractivity contribution in [2.24, 2.45) is 0 Å². The Hall–Kier alpha value is -0.810. The first kappa shape index (κ1) is 15.2. The van der Waals surface area contributed by atoms with Crippen molar-refractivity contribution in [2.75, 3.05) is 5.75 Å². The summed E-state index contributed by atoms with van der Waals surface area (Å²) in [5, 5.41) is 26.8. The lowest BCUT2D eigenvalue weighted by molar-refractivity contribution is -0.145. The molecule has 7 nitrogen and oxygen atoms in total. The summed E-state index contributed by atoms with van der Waals surface area (Å²) in [4.78, 5) is 27.9. The van der Waals surface area contributed by atoms with Crippen molar-refractivity contribution in [1.29, 1.82) is 0 Å². The molecular formula is C9H11IN2O5S. The number of nitrogens with zero attached hydrogens (tertiary/aromatic N) is 1. The fourth-order valence-electron chi connectivity index (χ4n) is 1.03. The monoisotopic (exact) mass is 386 g/mol. The van der Waals surface area contributed by atoms with E-state index in [0.717, 1.165) is 11.8 Å². The molecule has 1 unspecified atom stereocenters. The molecule has 1 aromatic rings. The molecule has 9 heteroatoms. The summed E-state index contributed by atoms with van der Waals surface area (Å²) in [6.07, 6.45) is 0.370. The second kappa shape index (κ2) is 6.95. The van der Waals surface area contributed by atoms with E-state index in [1.165, 1.54) is 6.20 Å². The third-order valence-corrected chi connectivity index (χ3v) is 3.87. The lowest BCUT2D eigenvalue weighted by Gasteiger charge is -2.03. The number of aliphatic hydroxyl groups excluding tert-OH is 1. The van der Waals surface area contributed by atoms with E-state index in [0.29, 0.717) is 17.3 Å². The van der Waals surface area contributed by atoms with Crippen LogP contribution in [0.15, 0.2) is 11.4 Å². The number of thioether (sulfide) groups is 1. The smallest absolute Gasteiger partial charge is 0.333 e. The van der Waals surface area contributed by atoms with Crippen LogP contribution in [-0.4, -0.2) is 53.0 Å². The molecule has 1 rings (SSSR count). The first-order valence-corrected chi connectivity index (χ1v) is 7.07. The molecule has 0 bridgehead atoms. The fourth-order valence-corrected chi connectivity index (χ4v) is 2.29. The molecule has 100 valence electrons. The van der Waals surface area contributed by atoms with Crippen LogP contribution in [0.3, 0.4) is 0 Å². The molecule has 0 aliphatic carbocycles. The van der Waals surface area contributed by atoms with Crippen molar-refractivity contribution >= 4 is 46.3 Å². The number of aliphatic hydroxyl groups is 1. The molecule has 0 saturated heterocycles. The Morgan fingerprint density at radius 1 is 1.44 bits per heavy atom. The average Bonchev–Trinajstić information content (AvgIpc) is 2.73. The minimum Gasteiger partial charge on any atom is -0.480 e. The van der Waals surface area contributed by atoms with Crippen LogP contribution in [0.5, 0.6) is 0 Å². The van der Waals surface area contributed by atoms with Crippen LogP contribution in [0, 0.1) is 0 Å². The number of H-pyrrole nitrogens is 1. The zero-order chi connectivity index (χ0) is 13.7. The van der Waals surface area contributed by atoms with Crippen molar-refractivity contribution in [3.8, 4) is 0 Å². The number of carbonyl (C=O) groups is 2. The first-order chi connectivity index (χ1) is 8.40. The number of carboxylic acid groups (broad SMARTS) is 2. The molecule has 0 saturated carbocycles. The van der Waals surface area contributed by atoms with Crippen molar-refractivity contribution in [3.63, 3.8) is 0 Å². The maximum absolute atomic E-state index is 10.7. The highest BCUT2D eigenvalue weighted by atomic mass is 127. The number of alkyl halides is 1. The number of nitrogens with one attached hydrogen (secondary N) is 1. The lowest BCUT2D eigenvalue weighted by Crippen LogP contribution is -2.21. The first-order valence-electron chi connectivity index (χ1n) is 4.84. The number of hydrogen-bond acceptors (Lipinski definition) is 5. The van der Waals surface area contributed by atoms with Crippen molar-refractivity contribution in [1.82, 2.24) is 9.97 Å². The largest absolute Gasteiger partial charge is 0.480 e. The zero-order valence-corrected chi connectivity index (χ0v) is 12.0. The van der Waals surface area contributed by atoms with E-state index < -0.39 is 22.0 Å². The van der Waals surface area contributed by atoms with E-state index in [2.05, 4.69) is 9.97 Å². The highest BCUT2D eigenvalue weighted by Gasteiger charge is 2.17. The number of rotatable bonds is 7. The summed E-state index contributed by atoms with van der Waals surface area (Å²) in [6, 6.07) is 0. The van der Waals surface area contributed by atoms with Gasteiger partial charge in [-0.2, -0.15) is 0 Å². The number of carboxylic acids is 2.